The Bertz CT molecular complexity index is 2020. The number of urea groups is 1. The zero-order valence-corrected chi connectivity index (χ0v) is 34.0. The topological polar surface area (TPSA) is 259 Å². The van der Waals surface area contributed by atoms with Gasteiger partial charge in [-0.25, -0.2) is 31.3 Å². The van der Waals surface area contributed by atoms with Gasteiger partial charge in [0.1, 0.15) is 25.8 Å². The first kappa shape index (κ1) is 41.8. The van der Waals surface area contributed by atoms with Gasteiger partial charge < -0.3 is 14.2 Å². The average Bonchev–Trinajstić information content (AvgIpc) is 2.87. The largest absolute Gasteiger partial charge is 1.00 e. The number of nitrogens with zero attached hydrogens (tertiary/aromatic N) is 2. The van der Waals surface area contributed by atoms with Crippen molar-refractivity contribution in [1.29, 1.82) is 0 Å². The Morgan fingerprint density at radius 1 is 0.727 bits per heavy atom. The van der Waals surface area contributed by atoms with Crippen molar-refractivity contribution < 1.29 is 200 Å². The molecule has 0 atom stereocenters. The molecule has 2 aromatic carbocycles. The molecular formula is C23H13K3N4O12S2. The van der Waals surface area contributed by atoms with Crippen molar-refractivity contribution in [2.24, 2.45) is 0 Å². The number of barbiturate groups is 1. The van der Waals surface area contributed by atoms with Crippen LogP contribution in [0.5, 0.6) is 5.88 Å². The summed E-state index contributed by atoms with van der Waals surface area (Å²) in [4.78, 5) is 63.2. The van der Waals surface area contributed by atoms with Crippen molar-refractivity contribution in [3.8, 4) is 11.6 Å². The normalized spacial score (nSPS) is 14.5. The van der Waals surface area contributed by atoms with Gasteiger partial charge in [-0.15, -0.1) is 0 Å². The van der Waals surface area contributed by atoms with Crippen LogP contribution in [0, 0.1) is 0 Å². The maximum Gasteiger partial charge on any atom is 1.00 e. The summed E-state index contributed by atoms with van der Waals surface area (Å²) in [5.41, 5.74) is -4.00. The van der Waals surface area contributed by atoms with E-state index in [4.69, 9.17) is 0 Å². The van der Waals surface area contributed by atoms with E-state index in [0.717, 1.165) is 66.8 Å². The molecule has 4 amide bonds. The summed E-state index contributed by atoms with van der Waals surface area (Å²) in [6, 6.07) is 6.15. The van der Waals surface area contributed by atoms with Crippen LogP contribution in [-0.2, 0) is 29.8 Å². The number of hydrogen-bond acceptors (Lipinski definition) is 12. The SMILES string of the molecule is O=C1NC(=O)N(c2ccc(S(=O)(=O)[O-])cc2)C(=O)C1=CC=Cc1c([O-])n(-c2ccc(S(=O)(=O)[O-])cc2)c(=O)[nH]c1=O.[K+].[K+].[K+]. The number of anilines is 1. The van der Waals surface area contributed by atoms with E-state index in [0.29, 0.717) is 9.47 Å². The summed E-state index contributed by atoms with van der Waals surface area (Å²) in [7, 11) is -9.63. The quantitative estimate of drug-likeness (QED) is 0.104. The zero-order valence-electron chi connectivity index (χ0n) is 23.0. The van der Waals surface area contributed by atoms with E-state index in [2.05, 4.69) is 0 Å². The fourth-order valence-electron chi connectivity index (χ4n) is 3.59. The predicted octanol–water partition coefficient (Wildman–Crippen LogP) is -10.4. The summed E-state index contributed by atoms with van der Waals surface area (Å²) in [5.74, 6) is -3.49. The van der Waals surface area contributed by atoms with E-state index in [1.54, 1.807) is 0 Å². The number of hydrogen-bond donors (Lipinski definition) is 2. The summed E-state index contributed by atoms with van der Waals surface area (Å²) >= 11 is 0. The molecule has 1 aromatic heterocycles. The maximum atomic E-state index is 12.9. The second kappa shape index (κ2) is 16.7. The first-order valence-electron chi connectivity index (χ1n) is 10.9. The number of H-pyrrole nitrogens is 1. The third-order valence-corrected chi connectivity index (χ3v) is 7.20. The fourth-order valence-corrected chi connectivity index (χ4v) is 4.53. The van der Waals surface area contributed by atoms with Crippen molar-refractivity contribution in [3.63, 3.8) is 0 Å². The third kappa shape index (κ3) is 9.42. The first-order chi connectivity index (χ1) is 19.1. The molecule has 3 aromatic rings. The molecule has 0 unspecified atom stereocenters. The smallest absolute Gasteiger partial charge is 0.859 e. The minimum Gasteiger partial charge on any atom is -0.859 e. The standard InChI is InChI=1S/C23H16N4O12S2.3K/c28-18-16(20(30)26(22(32)24-18)12-4-8-14(9-5-12)40(34,35)36)2-1-3-17-19(29)25-23(33)27(21(17)31)13-6-10-15(11-7-13)41(37,38)39;;;/h1-11,30H,(H,24,28,32)(H,25,29,33)(H,34,35,36)(H,37,38,39);;;/q;3*+1/p-3. The number of amides is 4. The van der Waals surface area contributed by atoms with Gasteiger partial charge in [-0.05, 0) is 66.6 Å². The molecule has 1 saturated heterocycles. The number of carbonyl (C=O) groups is 3. The summed E-state index contributed by atoms with van der Waals surface area (Å²) in [5, 5.41) is 14.8. The number of benzene rings is 2. The van der Waals surface area contributed by atoms with Gasteiger partial charge in [0, 0.05) is 11.3 Å². The van der Waals surface area contributed by atoms with Crippen LogP contribution in [0.2, 0.25) is 0 Å². The Labute approximate surface area is 375 Å². The van der Waals surface area contributed by atoms with Crippen LogP contribution < -0.4 is 181 Å². The second-order valence-electron chi connectivity index (χ2n) is 8.05. The van der Waals surface area contributed by atoms with Crippen LogP contribution in [0.15, 0.2) is 85.6 Å². The van der Waals surface area contributed by atoms with Gasteiger partial charge in [0.05, 0.1) is 15.5 Å². The van der Waals surface area contributed by atoms with Gasteiger partial charge in [0.2, 0.25) is 0 Å². The van der Waals surface area contributed by atoms with E-state index in [-0.39, 0.29) is 166 Å². The van der Waals surface area contributed by atoms with Gasteiger partial charge in [0.25, 0.3) is 17.4 Å². The molecule has 0 spiro atoms. The Balaban J connectivity index is 0.00000323. The minimum absolute atomic E-state index is 0. The number of imide groups is 2. The van der Waals surface area contributed by atoms with Gasteiger partial charge in [0.15, 0.2) is 0 Å². The fraction of sp³-hybridized carbons (Fsp3) is 0. The average molecular weight is 719 g/mol. The Morgan fingerprint density at radius 3 is 1.68 bits per heavy atom. The molecule has 2 heterocycles. The molecule has 44 heavy (non-hydrogen) atoms. The molecule has 1 aliphatic heterocycles. The van der Waals surface area contributed by atoms with Crippen LogP contribution in [0.3, 0.4) is 0 Å². The molecule has 16 nitrogen and oxygen atoms in total. The molecule has 0 radical (unpaired) electrons. The molecule has 1 aliphatic rings. The number of allylic oxidation sites excluding steroid dienone is 2. The minimum atomic E-state index is -4.81. The van der Waals surface area contributed by atoms with Gasteiger partial charge in [-0.1, -0.05) is 6.08 Å². The van der Waals surface area contributed by atoms with Crippen LogP contribution in [0.25, 0.3) is 11.8 Å². The molecule has 0 aliphatic carbocycles. The molecule has 21 heteroatoms. The summed E-state index contributed by atoms with van der Waals surface area (Å²) in [6.45, 7) is 0. The van der Waals surface area contributed by atoms with Gasteiger partial charge in [-0.3, -0.25) is 29.3 Å². The number of nitrogens with one attached hydrogen (secondary N) is 2. The Hall–Kier alpha value is -0.261. The van der Waals surface area contributed by atoms with Crippen LogP contribution in [0.4, 0.5) is 10.5 Å². The Morgan fingerprint density at radius 2 is 1.20 bits per heavy atom. The number of carbonyl (C=O) groups excluding carboxylic acids is 3. The molecule has 0 bridgehead atoms. The molecule has 4 rings (SSSR count). The molecule has 2 N–H and O–H groups in total. The molecule has 1 fully saturated rings. The third-order valence-electron chi connectivity index (χ3n) is 5.50. The van der Waals surface area contributed by atoms with E-state index < -0.39 is 76.1 Å². The van der Waals surface area contributed by atoms with E-state index >= 15 is 0 Å². The van der Waals surface area contributed by atoms with E-state index in [9.17, 15) is 55.0 Å². The maximum absolute atomic E-state index is 12.9. The van der Waals surface area contributed by atoms with Crippen LogP contribution in [-0.4, -0.2) is 53.3 Å². The number of rotatable bonds is 6. The van der Waals surface area contributed by atoms with Gasteiger partial charge >= 0.3 is 166 Å². The van der Waals surface area contributed by atoms with Crippen molar-refractivity contribution in [3.05, 3.63) is 92.7 Å². The van der Waals surface area contributed by atoms with Crippen LogP contribution >= 0.6 is 0 Å². The first-order valence-corrected chi connectivity index (χ1v) is 13.7. The van der Waals surface area contributed by atoms with E-state index in [1.165, 1.54) is 0 Å². The summed E-state index contributed by atoms with van der Waals surface area (Å²) in [6.07, 6.45) is 2.65. The number of aromatic amines is 1. The van der Waals surface area contributed by atoms with Crippen LogP contribution in [0.1, 0.15) is 5.56 Å². The van der Waals surface area contributed by atoms with Crippen molar-refractivity contribution in [2.75, 3.05) is 4.90 Å². The second-order valence-corrected chi connectivity index (χ2v) is 10.8. The predicted molar refractivity (Wildman–Crippen MR) is 133 cm³/mol. The molecular weight excluding hydrogens is 706 g/mol. The summed E-state index contributed by atoms with van der Waals surface area (Å²) < 4.78 is 67.2. The molecule has 0 saturated carbocycles. The van der Waals surface area contributed by atoms with Crippen molar-refractivity contribution >= 4 is 49.8 Å². The number of aromatic nitrogens is 2. The monoisotopic (exact) mass is 718 g/mol. The molecule has 212 valence electrons. The van der Waals surface area contributed by atoms with E-state index in [1.807, 2.05) is 10.3 Å². The zero-order chi connectivity index (χ0) is 30.3. The van der Waals surface area contributed by atoms with Crippen molar-refractivity contribution in [1.82, 2.24) is 14.9 Å². The van der Waals surface area contributed by atoms with Gasteiger partial charge in [-0.2, -0.15) is 0 Å². The van der Waals surface area contributed by atoms with Crippen molar-refractivity contribution in [2.45, 2.75) is 9.79 Å². The Kier molecular flexibility index (Phi) is 15.9.